The highest BCUT2D eigenvalue weighted by Crippen LogP contribution is 2.10. The van der Waals surface area contributed by atoms with Crippen molar-refractivity contribution < 1.29 is 9.53 Å². The Morgan fingerprint density at radius 3 is 2.89 bits per heavy atom. The van der Waals surface area contributed by atoms with E-state index in [1.54, 1.807) is 24.3 Å². The summed E-state index contributed by atoms with van der Waals surface area (Å²) in [7, 11) is 1.53. The molecule has 0 fully saturated rings. The summed E-state index contributed by atoms with van der Waals surface area (Å²) < 4.78 is 7.24. The molecule has 8 heteroatoms. The topological polar surface area (TPSA) is 84.1 Å². The van der Waals surface area contributed by atoms with Gasteiger partial charge in [0.2, 0.25) is 0 Å². The number of halogens is 1. The Kier molecular flexibility index (Phi) is 8.45. The average Bonchev–Trinajstić information content (AvgIpc) is 2.96. The van der Waals surface area contributed by atoms with Crippen molar-refractivity contribution in [1.29, 1.82) is 5.26 Å². The first-order chi connectivity index (χ1) is 13.5. The zero-order valence-electron chi connectivity index (χ0n) is 15.8. The molecule has 1 heterocycles. The highest BCUT2D eigenvalue weighted by molar-refractivity contribution is 7.07. The number of nitrogens with zero attached hydrogens (tertiary/aromatic N) is 2. The summed E-state index contributed by atoms with van der Waals surface area (Å²) in [6.07, 6.45) is 3.45. The maximum Gasteiger partial charge on any atom is 0.269 e. The minimum atomic E-state index is -0.474. The Labute approximate surface area is 172 Å². The van der Waals surface area contributed by atoms with Gasteiger partial charge in [-0.15, -0.1) is 11.3 Å². The van der Waals surface area contributed by atoms with E-state index >= 15 is 0 Å². The number of aromatic nitrogens is 1. The first-order valence-electron chi connectivity index (χ1n) is 8.90. The molecule has 0 unspecified atom stereocenters. The predicted octanol–water partition coefficient (Wildman–Crippen LogP) is 1.63. The molecule has 1 amide bonds. The van der Waals surface area contributed by atoms with Crippen LogP contribution in [0.3, 0.4) is 0 Å². The quantitative estimate of drug-likeness (QED) is 0.659. The van der Waals surface area contributed by atoms with E-state index in [4.69, 9.17) is 16.3 Å². The molecule has 0 saturated heterocycles. The van der Waals surface area contributed by atoms with Crippen molar-refractivity contribution in [2.75, 3.05) is 20.3 Å². The molecule has 0 aliphatic heterocycles. The van der Waals surface area contributed by atoms with E-state index in [1.165, 1.54) is 11.7 Å². The van der Waals surface area contributed by atoms with E-state index in [0.717, 1.165) is 29.7 Å². The number of nitrogens with one attached hydrogen (secondary N) is 1. The van der Waals surface area contributed by atoms with Crippen molar-refractivity contribution in [1.82, 2.24) is 9.88 Å². The number of benzene rings is 1. The number of methoxy groups -OCH3 is 1. The summed E-state index contributed by atoms with van der Waals surface area (Å²) in [5, 5.41) is 12.9. The number of unbranched alkanes of at least 4 members (excludes halogenated alkanes) is 1. The van der Waals surface area contributed by atoms with Crippen LogP contribution in [-0.4, -0.2) is 30.7 Å². The second-order valence-electron chi connectivity index (χ2n) is 6.02. The lowest BCUT2D eigenvalue weighted by Gasteiger charge is -2.04. The van der Waals surface area contributed by atoms with E-state index in [2.05, 4.69) is 5.32 Å². The number of hydrogen-bond acceptors (Lipinski definition) is 5. The van der Waals surface area contributed by atoms with E-state index in [0.29, 0.717) is 20.8 Å². The lowest BCUT2D eigenvalue weighted by atomic mass is 10.2. The summed E-state index contributed by atoms with van der Waals surface area (Å²) in [6.45, 7) is 3.03. The predicted molar refractivity (Wildman–Crippen MR) is 112 cm³/mol. The van der Waals surface area contributed by atoms with Gasteiger partial charge >= 0.3 is 0 Å². The van der Waals surface area contributed by atoms with Gasteiger partial charge in [-0.2, -0.15) is 5.26 Å². The number of nitriles is 1. The fourth-order valence-corrected chi connectivity index (χ4v) is 3.83. The molecular formula is C20H22ClN3O3S. The molecule has 148 valence electrons. The maximum absolute atomic E-state index is 12.9. The van der Waals surface area contributed by atoms with Crippen LogP contribution in [0.15, 0.2) is 29.1 Å². The van der Waals surface area contributed by atoms with Gasteiger partial charge in [-0.3, -0.25) is 14.2 Å². The van der Waals surface area contributed by atoms with Crippen molar-refractivity contribution in [3.8, 4) is 6.07 Å². The third-order valence-electron chi connectivity index (χ3n) is 3.94. The Morgan fingerprint density at radius 1 is 1.46 bits per heavy atom. The Hall–Kier alpha value is -2.40. The number of ether oxygens (including phenoxy) is 1. The Balaban J connectivity index is 2.63. The zero-order chi connectivity index (χ0) is 20.5. The second kappa shape index (κ2) is 10.8. The summed E-state index contributed by atoms with van der Waals surface area (Å²) >= 11 is 7.13. The molecule has 1 N–H and O–H groups in total. The van der Waals surface area contributed by atoms with E-state index in [1.807, 2.05) is 19.1 Å². The van der Waals surface area contributed by atoms with Gasteiger partial charge in [0.15, 0.2) is 5.57 Å². The monoisotopic (exact) mass is 419 g/mol. The van der Waals surface area contributed by atoms with Gasteiger partial charge in [0.25, 0.3) is 11.5 Å². The van der Waals surface area contributed by atoms with Gasteiger partial charge in [0.1, 0.15) is 10.7 Å². The van der Waals surface area contributed by atoms with Crippen LogP contribution in [0, 0.1) is 11.3 Å². The lowest BCUT2D eigenvalue weighted by Crippen LogP contribution is -2.36. The van der Waals surface area contributed by atoms with Crippen LogP contribution in [0.1, 0.15) is 25.3 Å². The van der Waals surface area contributed by atoms with Gasteiger partial charge in [0.05, 0.1) is 17.7 Å². The molecule has 2 rings (SSSR count). The van der Waals surface area contributed by atoms with Crippen LogP contribution < -0.4 is 20.1 Å². The minimum absolute atomic E-state index is 0.0694. The number of rotatable bonds is 8. The van der Waals surface area contributed by atoms with Crippen LogP contribution in [0.25, 0.3) is 11.6 Å². The molecule has 0 atom stereocenters. The number of carbonyl (C=O) groups excluding carboxylic acids is 1. The van der Waals surface area contributed by atoms with E-state index < -0.39 is 5.91 Å². The first-order valence-corrected chi connectivity index (χ1v) is 10.1. The highest BCUT2D eigenvalue weighted by atomic mass is 35.5. The highest BCUT2D eigenvalue weighted by Gasteiger charge is 2.15. The lowest BCUT2D eigenvalue weighted by molar-refractivity contribution is -0.115. The molecule has 0 aliphatic rings. The number of amides is 1. The molecule has 0 bridgehead atoms. The molecule has 28 heavy (non-hydrogen) atoms. The third kappa shape index (κ3) is 5.55. The van der Waals surface area contributed by atoms with Crippen molar-refractivity contribution >= 4 is 40.5 Å². The van der Waals surface area contributed by atoms with Gasteiger partial charge in [-0.25, -0.2) is 0 Å². The normalized spacial score (nSPS) is 12.6. The number of thiazole rings is 1. The fourth-order valence-electron chi connectivity index (χ4n) is 2.50. The molecule has 2 aromatic rings. The molecule has 0 spiro atoms. The van der Waals surface area contributed by atoms with Crippen LogP contribution in [0.2, 0.25) is 5.02 Å². The summed E-state index contributed by atoms with van der Waals surface area (Å²) in [6, 6.07) is 9.07. The van der Waals surface area contributed by atoms with Crippen LogP contribution >= 0.6 is 22.9 Å². The Morgan fingerprint density at radius 2 is 2.25 bits per heavy atom. The molecule has 1 aromatic heterocycles. The van der Waals surface area contributed by atoms with Crippen molar-refractivity contribution in [2.45, 2.75) is 26.3 Å². The van der Waals surface area contributed by atoms with Gasteiger partial charge < -0.3 is 10.1 Å². The van der Waals surface area contributed by atoms with Gasteiger partial charge in [-0.05, 0) is 30.2 Å². The summed E-state index contributed by atoms with van der Waals surface area (Å²) in [5.41, 5.74) is 0.424. The molecular weight excluding hydrogens is 398 g/mol. The molecule has 6 nitrogen and oxygen atoms in total. The van der Waals surface area contributed by atoms with Crippen LogP contribution in [0.4, 0.5) is 0 Å². The molecule has 0 radical (unpaired) electrons. The average molecular weight is 420 g/mol. The largest absolute Gasteiger partial charge is 0.383 e. The molecule has 0 aliphatic carbocycles. The molecule has 0 saturated carbocycles. The van der Waals surface area contributed by atoms with Crippen LogP contribution in [-0.2, 0) is 16.1 Å². The third-order valence-corrected chi connectivity index (χ3v) is 5.31. The van der Waals surface area contributed by atoms with Gasteiger partial charge in [-0.1, -0.05) is 37.1 Å². The zero-order valence-corrected chi connectivity index (χ0v) is 17.4. The number of carbonyl (C=O) groups is 1. The van der Waals surface area contributed by atoms with Gasteiger partial charge in [0, 0.05) is 18.7 Å². The van der Waals surface area contributed by atoms with Crippen molar-refractivity contribution in [3.63, 3.8) is 0 Å². The minimum Gasteiger partial charge on any atom is -0.383 e. The van der Waals surface area contributed by atoms with Crippen LogP contribution in [0.5, 0.6) is 0 Å². The van der Waals surface area contributed by atoms with E-state index in [9.17, 15) is 14.9 Å². The van der Waals surface area contributed by atoms with E-state index in [-0.39, 0.29) is 24.3 Å². The summed E-state index contributed by atoms with van der Waals surface area (Å²) in [5.74, 6) is -0.474. The maximum atomic E-state index is 12.9. The van der Waals surface area contributed by atoms with Crippen molar-refractivity contribution in [3.05, 3.63) is 54.4 Å². The molecule has 1 aromatic carbocycles. The summed E-state index contributed by atoms with van der Waals surface area (Å²) in [4.78, 5) is 25.3. The Bertz CT molecular complexity index is 1050. The smallest absolute Gasteiger partial charge is 0.269 e. The number of hydrogen-bond donors (Lipinski definition) is 1. The SMILES string of the molecule is CCCCNC(=O)/C(C#N)=c1\s/c(=C\c2cccc(Cl)c2)c(=O)n1CCOC. The fraction of sp³-hybridized carbons (Fsp3) is 0.350. The first kappa shape index (κ1) is 21.9. The van der Waals surface area contributed by atoms with Crippen molar-refractivity contribution in [2.24, 2.45) is 0 Å². The second-order valence-corrected chi connectivity index (χ2v) is 7.48. The standard InChI is InChI=1S/C20H22ClN3O3S/c1-3-4-8-23-18(25)16(13-22)20-24(9-10-27-2)19(26)17(28-20)12-14-6-5-7-15(21)11-14/h5-7,11-12H,3-4,8-10H2,1-2H3,(H,23,25)/b17-12-,20-16-.